The Morgan fingerprint density at radius 2 is 1.56 bits per heavy atom. The third kappa shape index (κ3) is 5.46. The third-order valence-electron chi connectivity index (χ3n) is 7.70. The highest BCUT2D eigenvalue weighted by Crippen LogP contribution is 2.44. The minimum atomic E-state index is -0.804. The Balaban J connectivity index is 1.33. The van der Waals surface area contributed by atoms with Gasteiger partial charge < -0.3 is 19.4 Å². The summed E-state index contributed by atoms with van der Waals surface area (Å²) in [5.74, 6) is -0.706. The number of rotatable bonds is 6. The number of hydrogen-bond acceptors (Lipinski definition) is 4. The van der Waals surface area contributed by atoms with E-state index in [2.05, 4.69) is 29.6 Å². The molecule has 3 aromatic carbocycles. The molecule has 9 heteroatoms. The SMILES string of the molecule is CC1(C)OB(C(=Cc2cc(Cl)cc(F)c2Cl)CNC(=O)OCC2c3ccccc3-c3ccccc32)OC1(C)C. The molecular weight excluding hydrogens is 539 g/mol. The molecule has 39 heavy (non-hydrogen) atoms. The summed E-state index contributed by atoms with van der Waals surface area (Å²) in [5, 5.41) is 2.90. The van der Waals surface area contributed by atoms with Crippen molar-refractivity contribution in [3.63, 3.8) is 0 Å². The molecule has 0 radical (unpaired) electrons. The lowest BCUT2D eigenvalue weighted by Crippen LogP contribution is -2.41. The number of ether oxygens (including phenoxy) is 1. The molecule has 1 aliphatic carbocycles. The molecule has 1 saturated heterocycles. The maximum atomic E-state index is 14.3. The van der Waals surface area contributed by atoms with Crippen LogP contribution in [-0.2, 0) is 14.0 Å². The molecule has 1 heterocycles. The van der Waals surface area contributed by atoms with Gasteiger partial charge in [-0.05, 0) is 73.1 Å². The summed E-state index contributed by atoms with van der Waals surface area (Å²) in [4.78, 5) is 12.9. The fraction of sp³-hybridized carbons (Fsp3) is 0.300. The summed E-state index contributed by atoms with van der Waals surface area (Å²) in [6.07, 6.45) is 1.03. The highest BCUT2D eigenvalue weighted by atomic mass is 35.5. The average molecular weight is 568 g/mol. The van der Waals surface area contributed by atoms with E-state index in [9.17, 15) is 9.18 Å². The zero-order valence-electron chi connectivity index (χ0n) is 22.2. The molecule has 0 saturated carbocycles. The van der Waals surface area contributed by atoms with Crippen molar-refractivity contribution < 1.29 is 23.2 Å². The van der Waals surface area contributed by atoms with Gasteiger partial charge in [-0.3, -0.25) is 0 Å². The molecule has 0 spiro atoms. The molecular formula is C30H29BCl2FNO4. The number of carbonyl (C=O) groups is 1. The van der Waals surface area contributed by atoms with Crippen LogP contribution in [0.15, 0.2) is 66.1 Å². The van der Waals surface area contributed by atoms with Crippen LogP contribution in [-0.4, -0.2) is 37.6 Å². The normalized spacial score (nSPS) is 17.6. The Labute approximate surface area is 238 Å². The number of hydrogen-bond donors (Lipinski definition) is 1. The van der Waals surface area contributed by atoms with Gasteiger partial charge in [-0.1, -0.05) is 77.8 Å². The number of alkyl carbamates (subject to hydrolysis) is 1. The smallest absolute Gasteiger partial charge is 0.449 e. The van der Waals surface area contributed by atoms with Gasteiger partial charge in [0, 0.05) is 17.5 Å². The van der Waals surface area contributed by atoms with Crippen LogP contribution in [0.4, 0.5) is 9.18 Å². The highest BCUT2D eigenvalue weighted by Gasteiger charge is 2.52. The van der Waals surface area contributed by atoms with Crippen LogP contribution in [0.5, 0.6) is 0 Å². The molecule has 202 valence electrons. The molecule has 3 aromatic rings. The van der Waals surface area contributed by atoms with Crippen molar-refractivity contribution in [2.75, 3.05) is 13.2 Å². The third-order valence-corrected chi connectivity index (χ3v) is 8.32. The molecule has 0 aromatic heterocycles. The maximum Gasteiger partial charge on any atom is 0.492 e. The van der Waals surface area contributed by atoms with Crippen LogP contribution in [0, 0.1) is 5.82 Å². The Kier molecular flexibility index (Phi) is 7.55. The first-order valence-electron chi connectivity index (χ1n) is 12.8. The van der Waals surface area contributed by atoms with Crippen molar-refractivity contribution in [2.24, 2.45) is 0 Å². The first-order valence-corrected chi connectivity index (χ1v) is 13.5. The quantitative estimate of drug-likeness (QED) is 0.245. The van der Waals surface area contributed by atoms with Crippen molar-refractivity contribution in [3.05, 3.63) is 98.7 Å². The molecule has 2 aliphatic rings. The van der Waals surface area contributed by atoms with E-state index in [0.717, 1.165) is 28.3 Å². The lowest BCUT2D eigenvalue weighted by atomic mass is 9.77. The first kappa shape index (κ1) is 27.7. The van der Waals surface area contributed by atoms with Gasteiger partial charge in [-0.2, -0.15) is 0 Å². The van der Waals surface area contributed by atoms with E-state index in [1.54, 1.807) is 12.1 Å². The number of amides is 1. The van der Waals surface area contributed by atoms with Gasteiger partial charge in [0.15, 0.2) is 0 Å². The molecule has 1 aliphatic heterocycles. The molecule has 5 rings (SSSR count). The van der Waals surface area contributed by atoms with Crippen molar-refractivity contribution in [1.82, 2.24) is 5.32 Å². The van der Waals surface area contributed by atoms with E-state index in [1.807, 2.05) is 52.0 Å². The van der Waals surface area contributed by atoms with Crippen LogP contribution in [0.1, 0.15) is 50.3 Å². The summed E-state index contributed by atoms with van der Waals surface area (Å²) >= 11 is 12.3. The van der Waals surface area contributed by atoms with Crippen molar-refractivity contribution in [2.45, 2.75) is 44.8 Å². The van der Waals surface area contributed by atoms with Gasteiger partial charge in [0.05, 0.1) is 16.2 Å². The second-order valence-electron chi connectivity index (χ2n) is 10.8. The Morgan fingerprint density at radius 3 is 2.15 bits per heavy atom. The van der Waals surface area contributed by atoms with Crippen LogP contribution >= 0.6 is 23.2 Å². The first-order chi connectivity index (χ1) is 18.5. The largest absolute Gasteiger partial charge is 0.492 e. The predicted octanol–water partition coefficient (Wildman–Crippen LogP) is 7.69. The molecule has 1 N–H and O–H groups in total. The number of fused-ring (bicyclic) bond motifs is 3. The van der Waals surface area contributed by atoms with Crippen molar-refractivity contribution in [3.8, 4) is 11.1 Å². The van der Waals surface area contributed by atoms with Gasteiger partial charge in [-0.25, -0.2) is 9.18 Å². The molecule has 0 unspecified atom stereocenters. The van der Waals surface area contributed by atoms with E-state index in [0.29, 0.717) is 11.0 Å². The van der Waals surface area contributed by atoms with Crippen molar-refractivity contribution >= 4 is 42.5 Å². The second kappa shape index (κ2) is 10.6. The molecule has 0 bridgehead atoms. The topological polar surface area (TPSA) is 56.8 Å². The van der Waals surface area contributed by atoms with Crippen LogP contribution in [0.2, 0.25) is 10.0 Å². The average Bonchev–Trinajstić information content (AvgIpc) is 3.32. The van der Waals surface area contributed by atoms with Crippen LogP contribution in [0.3, 0.4) is 0 Å². The fourth-order valence-electron chi connectivity index (χ4n) is 4.90. The standard InChI is InChI=1S/C30H29BCl2FNO4/c1-29(2)30(3,4)39-31(38-29)19(13-18-14-20(32)15-26(34)27(18)33)16-35-28(36)37-17-25-23-11-7-5-9-21(23)22-10-6-8-12-24(22)25/h5-15,25H,16-17H2,1-4H3,(H,35,36). The maximum absolute atomic E-state index is 14.3. The molecule has 0 atom stereocenters. The monoisotopic (exact) mass is 567 g/mol. The fourth-order valence-corrected chi connectivity index (χ4v) is 5.28. The predicted molar refractivity (Wildman–Crippen MR) is 154 cm³/mol. The Bertz CT molecular complexity index is 1400. The van der Waals surface area contributed by atoms with Gasteiger partial charge >= 0.3 is 13.2 Å². The number of halogens is 3. The Morgan fingerprint density at radius 1 is 1.00 bits per heavy atom. The lowest BCUT2D eigenvalue weighted by molar-refractivity contribution is 0.00578. The van der Waals surface area contributed by atoms with Gasteiger partial charge in [0.2, 0.25) is 0 Å². The summed E-state index contributed by atoms with van der Waals surface area (Å²) in [6, 6.07) is 19.0. The van der Waals surface area contributed by atoms with Gasteiger partial charge in [-0.15, -0.1) is 0 Å². The van der Waals surface area contributed by atoms with Crippen LogP contribution in [0.25, 0.3) is 17.2 Å². The van der Waals surface area contributed by atoms with Gasteiger partial charge in [0.25, 0.3) is 0 Å². The van der Waals surface area contributed by atoms with Crippen molar-refractivity contribution in [1.29, 1.82) is 0 Å². The lowest BCUT2D eigenvalue weighted by Gasteiger charge is -2.32. The second-order valence-corrected chi connectivity index (χ2v) is 11.6. The summed E-state index contributed by atoms with van der Waals surface area (Å²) in [6.45, 7) is 7.91. The minimum Gasteiger partial charge on any atom is -0.449 e. The molecule has 5 nitrogen and oxygen atoms in total. The summed E-state index contributed by atoms with van der Waals surface area (Å²) in [7, 11) is -0.804. The number of benzene rings is 3. The highest BCUT2D eigenvalue weighted by molar-refractivity contribution is 6.56. The Hall–Kier alpha value is -2.84. The summed E-state index contributed by atoms with van der Waals surface area (Å²) in [5.41, 5.74) is 4.20. The zero-order valence-corrected chi connectivity index (χ0v) is 23.7. The van der Waals surface area contributed by atoms with E-state index >= 15 is 0 Å². The molecule has 1 amide bonds. The van der Waals surface area contributed by atoms with E-state index in [1.165, 1.54) is 0 Å². The number of nitrogens with one attached hydrogen (secondary N) is 1. The zero-order chi connectivity index (χ0) is 27.9. The minimum absolute atomic E-state index is 0.0258. The summed E-state index contributed by atoms with van der Waals surface area (Å²) < 4.78 is 32.4. The number of carbonyl (C=O) groups excluding carboxylic acids is 1. The molecule has 1 fully saturated rings. The van der Waals surface area contributed by atoms with E-state index < -0.39 is 30.2 Å². The van der Waals surface area contributed by atoms with Crippen LogP contribution < -0.4 is 5.32 Å². The van der Waals surface area contributed by atoms with Gasteiger partial charge in [0.1, 0.15) is 12.4 Å². The van der Waals surface area contributed by atoms with E-state index in [4.69, 9.17) is 37.2 Å². The van der Waals surface area contributed by atoms with E-state index in [-0.39, 0.29) is 29.1 Å².